The van der Waals surface area contributed by atoms with Crippen LogP contribution in [-0.4, -0.2) is 0 Å². The van der Waals surface area contributed by atoms with Gasteiger partial charge in [-0.3, -0.25) is 5.84 Å². The van der Waals surface area contributed by atoms with Gasteiger partial charge in [0, 0.05) is 12.0 Å². The van der Waals surface area contributed by atoms with Crippen molar-refractivity contribution in [3.05, 3.63) is 71.7 Å². The van der Waals surface area contributed by atoms with Crippen LogP contribution in [-0.2, 0) is 6.42 Å². The summed E-state index contributed by atoms with van der Waals surface area (Å²) in [4.78, 5) is 0. The SMILES string of the molecule is CCc1occc1C(NN)c1ccc2ccccc2c1. The molecule has 0 aliphatic heterocycles. The molecule has 1 atom stereocenters. The van der Waals surface area contributed by atoms with Gasteiger partial charge in [-0.2, -0.15) is 0 Å². The molecule has 0 fully saturated rings. The Morgan fingerprint density at radius 3 is 2.65 bits per heavy atom. The molecule has 0 bridgehead atoms. The number of hydrogen-bond donors (Lipinski definition) is 2. The van der Waals surface area contributed by atoms with E-state index in [1.165, 1.54) is 10.8 Å². The van der Waals surface area contributed by atoms with Crippen molar-refractivity contribution in [1.29, 1.82) is 0 Å². The molecule has 3 nitrogen and oxygen atoms in total. The third-order valence-corrected chi connectivity index (χ3v) is 3.69. The van der Waals surface area contributed by atoms with Gasteiger partial charge in [-0.05, 0) is 28.5 Å². The van der Waals surface area contributed by atoms with Crippen LogP contribution in [0.1, 0.15) is 29.9 Å². The molecule has 3 N–H and O–H groups in total. The molecule has 0 aliphatic carbocycles. The van der Waals surface area contributed by atoms with Crippen LogP contribution in [0.3, 0.4) is 0 Å². The Bertz CT molecular complexity index is 718. The highest BCUT2D eigenvalue weighted by Crippen LogP contribution is 2.28. The fourth-order valence-corrected chi connectivity index (χ4v) is 2.65. The summed E-state index contributed by atoms with van der Waals surface area (Å²) >= 11 is 0. The maximum absolute atomic E-state index is 5.77. The van der Waals surface area contributed by atoms with E-state index in [1.807, 2.05) is 18.2 Å². The fourth-order valence-electron chi connectivity index (χ4n) is 2.65. The first kappa shape index (κ1) is 12.9. The van der Waals surface area contributed by atoms with E-state index < -0.39 is 0 Å². The van der Waals surface area contributed by atoms with Gasteiger partial charge >= 0.3 is 0 Å². The van der Waals surface area contributed by atoms with Gasteiger partial charge < -0.3 is 4.42 Å². The molecule has 3 rings (SSSR count). The van der Waals surface area contributed by atoms with Gasteiger partial charge in [-0.25, -0.2) is 5.43 Å². The summed E-state index contributed by atoms with van der Waals surface area (Å²) in [5.41, 5.74) is 5.14. The van der Waals surface area contributed by atoms with Crippen LogP contribution >= 0.6 is 0 Å². The molecule has 3 aromatic rings. The van der Waals surface area contributed by atoms with E-state index >= 15 is 0 Å². The molecule has 0 aliphatic rings. The quantitative estimate of drug-likeness (QED) is 0.561. The summed E-state index contributed by atoms with van der Waals surface area (Å²) in [6, 6.07) is 16.7. The van der Waals surface area contributed by atoms with Crippen LogP contribution in [0.25, 0.3) is 10.8 Å². The molecule has 0 saturated heterocycles. The molecule has 0 saturated carbocycles. The first-order valence-electron chi connectivity index (χ1n) is 6.84. The van der Waals surface area contributed by atoms with Gasteiger partial charge in [0.2, 0.25) is 0 Å². The van der Waals surface area contributed by atoms with E-state index in [1.54, 1.807) is 6.26 Å². The highest BCUT2D eigenvalue weighted by atomic mass is 16.3. The minimum absolute atomic E-state index is 0.0479. The molecule has 1 unspecified atom stereocenters. The van der Waals surface area contributed by atoms with E-state index in [2.05, 4.69) is 42.7 Å². The number of rotatable bonds is 4. The lowest BCUT2D eigenvalue weighted by molar-refractivity contribution is 0.502. The Morgan fingerprint density at radius 2 is 1.90 bits per heavy atom. The normalized spacial score (nSPS) is 12.7. The molecule has 0 spiro atoms. The number of aryl methyl sites for hydroxylation is 1. The summed E-state index contributed by atoms with van der Waals surface area (Å²) in [6.07, 6.45) is 2.58. The van der Waals surface area contributed by atoms with Crippen molar-refractivity contribution in [3.8, 4) is 0 Å². The average Bonchev–Trinajstić information content (AvgIpc) is 2.96. The highest BCUT2D eigenvalue weighted by molar-refractivity contribution is 5.83. The Morgan fingerprint density at radius 1 is 1.10 bits per heavy atom. The Balaban J connectivity index is 2.07. The third-order valence-electron chi connectivity index (χ3n) is 3.69. The van der Waals surface area contributed by atoms with Crippen molar-refractivity contribution >= 4 is 10.8 Å². The molecule has 1 aromatic heterocycles. The lowest BCUT2D eigenvalue weighted by atomic mass is 9.96. The second-order valence-corrected chi connectivity index (χ2v) is 4.86. The van der Waals surface area contributed by atoms with Gasteiger partial charge in [-0.1, -0.05) is 43.3 Å². The molecular weight excluding hydrogens is 248 g/mol. The molecule has 1 heterocycles. The van der Waals surface area contributed by atoms with Gasteiger partial charge in [0.1, 0.15) is 5.76 Å². The Labute approximate surface area is 118 Å². The summed E-state index contributed by atoms with van der Waals surface area (Å²) in [5, 5.41) is 2.45. The topological polar surface area (TPSA) is 51.2 Å². The third kappa shape index (κ3) is 2.22. The van der Waals surface area contributed by atoms with E-state index in [9.17, 15) is 0 Å². The summed E-state index contributed by atoms with van der Waals surface area (Å²) in [5.74, 6) is 6.75. The van der Waals surface area contributed by atoms with Crippen LogP contribution in [0, 0.1) is 0 Å². The number of hydrazine groups is 1. The number of nitrogens with two attached hydrogens (primary N) is 1. The van der Waals surface area contributed by atoms with E-state index in [-0.39, 0.29) is 6.04 Å². The molecule has 2 aromatic carbocycles. The zero-order valence-electron chi connectivity index (χ0n) is 11.5. The van der Waals surface area contributed by atoms with Crippen LogP contribution in [0.15, 0.2) is 59.2 Å². The first-order chi connectivity index (χ1) is 9.83. The number of furan rings is 1. The van der Waals surface area contributed by atoms with Crippen LogP contribution in [0.4, 0.5) is 0 Å². The molecule has 0 radical (unpaired) electrons. The van der Waals surface area contributed by atoms with Gasteiger partial charge in [0.25, 0.3) is 0 Å². The minimum atomic E-state index is -0.0479. The molecular formula is C17H18N2O. The van der Waals surface area contributed by atoms with Crippen molar-refractivity contribution in [3.63, 3.8) is 0 Å². The van der Waals surface area contributed by atoms with Gasteiger partial charge in [0.05, 0.1) is 12.3 Å². The largest absolute Gasteiger partial charge is 0.469 e. The maximum atomic E-state index is 5.77. The second-order valence-electron chi connectivity index (χ2n) is 4.86. The lowest BCUT2D eigenvalue weighted by Gasteiger charge is -2.17. The first-order valence-corrected chi connectivity index (χ1v) is 6.84. The maximum Gasteiger partial charge on any atom is 0.108 e. The Kier molecular flexibility index (Phi) is 3.54. The number of hydrogen-bond acceptors (Lipinski definition) is 3. The second kappa shape index (κ2) is 5.49. The number of nitrogens with one attached hydrogen (secondary N) is 1. The zero-order valence-corrected chi connectivity index (χ0v) is 11.5. The van der Waals surface area contributed by atoms with Gasteiger partial charge in [-0.15, -0.1) is 0 Å². The van der Waals surface area contributed by atoms with Crippen LogP contribution in [0.2, 0.25) is 0 Å². The van der Waals surface area contributed by atoms with Crippen molar-refractivity contribution in [2.24, 2.45) is 5.84 Å². The summed E-state index contributed by atoms with van der Waals surface area (Å²) in [7, 11) is 0. The fraction of sp³-hybridized carbons (Fsp3) is 0.176. The molecule has 3 heteroatoms. The van der Waals surface area contributed by atoms with E-state index in [0.717, 1.165) is 23.3 Å². The molecule has 20 heavy (non-hydrogen) atoms. The minimum Gasteiger partial charge on any atom is -0.469 e. The lowest BCUT2D eigenvalue weighted by Crippen LogP contribution is -2.29. The zero-order chi connectivity index (χ0) is 13.9. The number of fused-ring (bicyclic) bond motifs is 1. The molecule has 0 amide bonds. The van der Waals surface area contributed by atoms with E-state index in [0.29, 0.717) is 0 Å². The smallest absolute Gasteiger partial charge is 0.108 e. The average molecular weight is 266 g/mol. The highest BCUT2D eigenvalue weighted by Gasteiger charge is 2.17. The number of benzene rings is 2. The molecule has 102 valence electrons. The van der Waals surface area contributed by atoms with Gasteiger partial charge in [0.15, 0.2) is 0 Å². The van der Waals surface area contributed by atoms with Crippen molar-refractivity contribution in [2.75, 3.05) is 0 Å². The Hall–Kier alpha value is -2.10. The standard InChI is InChI=1S/C17H18N2O/c1-2-16-15(9-10-20-16)17(19-18)14-8-7-12-5-3-4-6-13(12)11-14/h3-11,17,19H,2,18H2,1H3. The van der Waals surface area contributed by atoms with E-state index in [4.69, 9.17) is 10.3 Å². The summed E-state index contributed by atoms with van der Waals surface area (Å²) in [6.45, 7) is 2.08. The van der Waals surface area contributed by atoms with Crippen molar-refractivity contribution in [2.45, 2.75) is 19.4 Å². The summed E-state index contributed by atoms with van der Waals surface area (Å²) < 4.78 is 5.51. The monoisotopic (exact) mass is 266 g/mol. The van der Waals surface area contributed by atoms with Crippen molar-refractivity contribution < 1.29 is 4.42 Å². The van der Waals surface area contributed by atoms with Crippen LogP contribution < -0.4 is 11.3 Å². The predicted molar refractivity (Wildman–Crippen MR) is 81.2 cm³/mol. The predicted octanol–water partition coefficient (Wildman–Crippen LogP) is 3.55. The van der Waals surface area contributed by atoms with Crippen molar-refractivity contribution in [1.82, 2.24) is 5.43 Å². The van der Waals surface area contributed by atoms with Crippen LogP contribution in [0.5, 0.6) is 0 Å².